The van der Waals surface area contributed by atoms with Gasteiger partial charge in [-0.15, -0.1) is 0 Å². The smallest absolute Gasteiger partial charge is 0.265 e. The van der Waals surface area contributed by atoms with Crippen LogP contribution in [0.15, 0.2) is 53.3 Å². The highest BCUT2D eigenvalue weighted by atomic mass is 16.6. The molecule has 8 heteroatoms. The van der Waals surface area contributed by atoms with E-state index < -0.39 is 12.1 Å². The second kappa shape index (κ2) is 7.67. The van der Waals surface area contributed by atoms with Crippen molar-refractivity contribution >= 4 is 5.91 Å². The Morgan fingerprint density at radius 3 is 2.75 bits per heavy atom. The van der Waals surface area contributed by atoms with Crippen LogP contribution in [0.3, 0.4) is 0 Å². The number of amides is 1. The van der Waals surface area contributed by atoms with Gasteiger partial charge in [-0.3, -0.25) is 9.78 Å². The summed E-state index contributed by atoms with van der Waals surface area (Å²) < 4.78 is 16.8. The highest BCUT2D eigenvalue weighted by Crippen LogP contribution is 2.31. The van der Waals surface area contributed by atoms with Crippen LogP contribution in [0.5, 0.6) is 11.5 Å². The maximum absolute atomic E-state index is 12.8. The molecule has 144 valence electrons. The van der Waals surface area contributed by atoms with Crippen LogP contribution in [0, 0.1) is 5.92 Å². The van der Waals surface area contributed by atoms with Gasteiger partial charge in [0.15, 0.2) is 11.5 Å². The molecular weight excluding hydrogens is 360 g/mol. The zero-order valence-electron chi connectivity index (χ0n) is 15.5. The van der Waals surface area contributed by atoms with Crippen molar-refractivity contribution in [2.75, 3.05) is 6.61 Å². The minimum Gasteiger partial charge on any atom is -0.485 e. The fraction of sp³-hybridized carbons (Fsp3) is 0.300. The van der Waals surface area contributed by atoms with Crippen LogP contribution in [0.2, 0.25) is 0 Å². The highest BCUT2D eigenvalue weighted by molar-refractivity contribution is 5.82. The highest BCUT2D eigenvalue weighted by Gasteiger charge is 2.32. The first-order chi connectivity index (χ1) is 13.6. The van der Waals surface area contributed by atoms with Crippen LogP contribution in [-0.2, 0) is 4.79 Å². The molecule has 1 aliphatic rings. The first-order valence-corrected chi connectivity index (χ1v) is 9.04. The van der Waals surface area contributed by atoms with Gasteiger partial charge in [-0.1, -0.05) is 31.1 Å². The van der Waals surface area contributed by atoms with Crippen LogP contribution >= 0.6 is 0 Å². The molecule has 4 rings (SSSR count). The topological polar surface area (TPSA) is 99.4 Å². The number of hydrogen-bond donors (Lipinski definition) is 1. The Balaban J connectivity index is 1.49. The molecule has 0 bridgehead atoms. The zero-order valence-corrected chi connectivity index (χ0v) is 15.5. The minimum absolute atomic E-state index is 0.0305. The molecule has 3 heterocycles. The third kappa shape index (κ3) is 3.66. The molecule has 0 saturated carbocycles. The van der Waals surface area contributed by atoms with Crippen molar-refractivity contribution in [2.24, 2.45) is 5.92 Å². The summed E-state index contributed by atoms with van der Waals surface area (Å²) in [5.74, 6) is 1.67. The number of carbonyl (C=O) groups is 1. The van der Waals surface area contributed by atoms with E-state index in [9.17, 15) is 4.79 Å². The van der Waals surface area contributed by atoms with Crippen molar-refractivity contribution in [3.05, 3.63) is 54.7 Å². The number of ether oxygens (including phenoxy) is 2. The predicted octanol–water partition coefficient (Wildman–Crippen LogP) is 2.78. The van der Waals surface area contributed by atoms with E-state index in [0.29, 0.717) is 23.2 Å². The monoisotopic (exact) mass is 380 g/mol. The normalized spacial score (nSPS) is 16.6. The Labute approximate surface area is 161 Å². The van der Waals surface area contributed by atoms with Gasteiger partial charge in [0.1, 0.15) is 12.6 Å². The lowest BCUT2D eigenvalue weighted by Crippen LogP contribution is -2.46. The summed E-state index contributed by atoms with van der Waals surface area (Å²) in [6.45, 7) is 4.07. The van der Waals surface area contributed by atoms with E-state index in [2.05, 4.69) is 20.4 Å². The fourth-order valence-electron chi connectivity index (χ4n) is 2.88. The molecule has 28 heavy (non-hydrogen) atoms. The molecule has 2 aromatic heterocycles. The molecule has 2 unspecified atom stereocenters. The van der Waals surface area contributed by atoms with Gasteiger partial charge in [0.05, 0.1) is 0 Å². The fourth-order valence-corrected chi connectivity index (χ4v) is 2.88. The number of hydrogen-bond acceptors (Lipinski definition) is 7. The van der Waals surface area contributed by atoms with Gasteiger partial charge < -0.3 is 19.3 Å². The molecule has 2 atom stereocenters. The van der Waals surface area contributed by atoms with E-state index in [1.54, 1.807) is 30.6 Å². The number of fused-ring (bicyclic) bond motifs is 1. The standard InChI is InChI=1S/C20H20N4O4/c1-12(2)17(20-23-18(24-28-20)13-6-5-9-21-10-13)22-19(25)16-11-26-14-7-3-4-8-15(14)27-16/h3-10,12,16-17H,11H2,1-2H3,(H,22,25). The summed E-state index contributed by atoms with van der Waals surface area (Å²) in [5, 5.41) is 6.95. The molecule has 0 aliphatic carbocycles. The van der Waals surface area contributed by atoms with Crippen LogP contribution in [0.1, 0.15) is 25.8 Å². The number of rotatable bonds is 5. The van der Waals surface area contributed by atoms with Crippen LogP contribution in [-0.4, -0.2) is 33.7 Å². The Kier molecular flexibility index (Phi) is 4.92. The Morgan fingerprint density at radius 2 is 2.00 bits per heavy atom. The number of nitrogens with one attached hydrogen (secondary N) is 1. The number of pyridine rings is 1. The molecule has 0 spiro atoms. The van der Waals surface area contributed by atoms with Crippen molar-refractivity contribution in [1.82, 2.24) is 20.4 Å². The lowest BCUT2D eigenvalue weighted by atomic mass is 10.0. The molecule has 0 fully saturated rings. The van der Waals surface area contributed by atoms with Gasteiger partial charge in [0.25, 0.3) is 5.91 Å². The predicted molar refractivity (Wildman–Crippen MR) is 99.6 cm³/mol. The van der Waals surface area contributed by atoms with E-state index in [1.807, 2.05) is 32.0 Å². The molecule has 0 radical (unpaired) electrons. The molecule has 1 aromatic carbocycles. The average molecular weight is 380 g/mol. The van der Waals surface area contributed by atoms with Crippen LogP contribution in [0.25, 0.3) is 11.4 Å². The maximum atomic E-state index is 12.8. The summed E-state index contributed by atoms with van der Waals surface area (Å²) in [6.07, 6.45) is 2.57. The van der Waals surface area contributed by atoms with E-state index in [1.165, 1.54) is 0 Å². The third-order valence-electron chi connectivity index (χ3n) is 4.39. The first kappa shape index (κ1) is 18.0. The third-order valence-corrected chi connectivity index (χ3v) is 4.39. The maximum Gasteiger partial charge on any atom is 0.265 e. The van der Waals surface area contributed by atoms with Gasteiger partial charge in [-0.25, -0.2) is 0 Å². The van der Waals surface area contributed by atoms with Crippen molar-refractivity contribution in [3.8, 4) is 22.9 Å². The number of nitrogens with zero attached hydrogens (tertiary/aromatic N) is 3. The summed E-state index contributed by atoms with van der Waals surface area (Å²) in [7, 11) is 0. The van der Waals surface area contributed by atoms with Gasteiger partial charge in [0, 0.05) is 18.0 Å². The Bertz CT molecular complexity index is 958. The average Bonchev–Trinajstić information content (AvgIpc) is 3.21. The Morgan fingerprint density at radius 1 is 1.18 bits per heavy atom. The van der Waals surface area contributed by atoms with Crippen LogP contribution in [0.4, 0.5) is 0 Å². The van der Waals surface area contributed by atoms with Crippen molar-refractivity contribution < 1.29 is 18.8 Å². The molecule has 1 amide bonds. The van der Waals surface area contributed by atoms with Gasteiger partial charge in [-0.05, 0) is 30.2 Å². The van der Waals surface area contributed by atoms with Crippen molar-refractivity contribution in [2.45, 2.75) is 26.0 Å². The SMILES string of the molecule is CC(C)C(NC(=O)C1COc2ccccc2O1)c1nc(-c2cccnc2)no1. The number of para-hydroxylation sites is 2. The van der Waals surface area contributed by atoms with E-state index in [4.69, 9.17) is 14.0 Å². The lowest BCUT2D eigenvalue weighted by molar-refractivity contribution is -0.131. The molecule has 8 nitrogen and oxygen atoms in total. The summed E-state index contributed by atoms with van der Waals surface area (Å²) in [6, 6.07) is 10.4. The van der Waals surface area contributed by atoms with E-state index >= 15 is 0 Å². The van der Waals surface area contributed by atoms with Gasteiger partial charge in [-0.2, -0.15) is 4.98 Å². The Hall–Kier alpha value is -3.42. The number of aromatic nitrogens is 3. The minimum atomic E-state index is -0.753. The molecule has 0 saturated heterocycles. The van der Waals surface area contributed by atoms with Crippen molar-refractivity contribution in [3.63, 3.8) is 0 Å². The van der Waals surface area contributed by atoms with Crippen LogP contribution < -0.4 is 14.8 Å². The molecule has 1 aliphatic heterocycles. The second-order valence-corrected chi connectivity index (χ2v) is 6.79. The molecular formula is C20H20N4O4. The summed E-state index contributed by atoms with van der Waals surface area (Å²) in [5.41, 5.74) is 0.743. The summed E-state index contributed by atoms with van der Waals surface area (Å²) >= 11 is 0. The van der Waals surface area contributed by atoms with Gasteiger partial charge >= 0.3 is 0 Å². The largest absolute Gasteiger partial charge is 0.485 e. The molecule has 1 N–H and O–H groups in total. The van der Waals surface area contributed by atoms with E-state index in [-0.39, 0.29) is 18.4 Å². The quantitative estimate of drug-likeness (QED) is 0.726. The van der Waals surface area contributed by atoms with E-state index in [0.717, 1.165) is 5.56 Å². The second-order valence-electron chi connectivity index (χ2n) is 6.79. The van der Waals surface area contributed by atoms with Crippen molar-refractivity contribution in [1.29, 1.82) is 0 Å². The van der Waals surface area contributed by atoms with Gasteiger partial charge in [0.2, 0.25) is 17.8 Å². The number of benzene rings is 1. The lowest BCUT2D eigenvalue weighted by Gasteiger charge is -2.27. The number of carbonyl (C=O) groups excluding carboxylic acids is 1. The first-order valence-electron chi connectivity index (χ1n) is 9.04. The zero-order chi connectivity index (χ0) is 19.5. The summed E-state index contributed by atoms with van der Waals surface area (Å²) in [4.78, 5) is 21.2. The molecule has 3 aromatic rings.